The van der Waals surface area contributed by atoms with Crippen molar-refractivity contribution in [2.45, 2.75) is 13.5 Å². The second-order valence-corrected chi connectivity index (χ2v) is 6.09. The van der Waals surface area contributed by atoms with E-state index in [9.17, 15) is 9.90 Å². The van der Waals surface area contributed by atoms with Crippen molar-refractivity contribution in [3.63, 3.8) is 0 Å². The van der Waals surface area contributed by atoms with Crippen LogP contribution >= 0.6 is 0 Å². The zero-order valence-corrected chi connectivity index (χ0v) is 15.0. The maximum absolute atomic E-state index is 12.5. The van der Waals surface area contributed by atoms with E-state index >= 15 is 0 Å². The molecule has 3 rings (SSSR count). The molecule has 0 aliphatic heterocycles. The second-order valence-electron chi connectivity index (χ2n) is 6.09. The molecule has 26 heavy (non-hydrogen) atoms. The number of phenols is 1. The van der Waals surface area contributed by atoms with E-state index in [1.807, 2.05) is 31.2 Å². The first-order valence-electron chi connectivity index (χ1n) is 8.24. The fraction of sp³-hybridized carbons (Fsp3) is 0.190. The monoisotopic (exact) mass is 351 g/mol. The van der Waals surface area contributed by atoms with Crippen molar-refractivity contribution in [2.75, 3.05) is 14.2 Å². The van der Waals surface area contributed by atoms with Crippen LogP contribution in [0.25, 0.3) is 10.8 Å². The molecule has 5 heteroatoms. The lowest BCUT2D eigenvalue weighted by Gasteiger charge is -2.12. The molecule has 0 saturated heterocycles. The lowest BCUT2D eigenvalue weighted by molar-refractivity contribution is 0.0950. The molecule has 3 aromatic carbocycles. The molecule has 0 atom stereocenters. The third-order valence-electron chi connectivity index (χ3n) is 4.26. The fourth-order valence-electron chi connectivity index (χ4n) is 2.83. The Morgan fingerprint density at radius 1 is 1.04 bits per heavy atom. The van der Waals surface area contributed by atoms with Crippen LogP contribution in [0.5, 0.6) is 17.2 Å². The summed E-state index contributed by atoms with van der Waals surface area (Å²) in [6.45, 7) is 2.43. The molecule has 0 aliphatic carbocycles. The number of hydrogen-bond acceptors (Lipinski definition) is 4. The molecular formula is C21H21NO4. The minimum Gasteiger partial charge on any atom is -0.507 e. The van der Waals surface area contributed by atoms with Crippen LogP contribution in [0.3, 0.4) is 0 Å². The second kappa shape index (κ2) is 7.35. The van der Waals surface area contributed by atoms with E-state index in [0.29, 0.717) is 34.4 Å². The molecule has 0 aliphatic rings. The molecule has 0 spiro atoms. The number of aromatic hydroxyl groups is 1. The zero-order chi connectivity index (χ0) is 18.7. The third-order valence-corrected chi connectivity index (χ3v) is 4.26. The summed E-state index contributed by atoms with van der Waals surface area (Å²) in [5.41, 5.74) is 2.55. The summed E-state index contributed by atoms with van der Waals surface area (Å²) >= 11 is 0. The van der Waals surface area contributed by atoms with Gasteiger partial charge in [0, 0.05) is 18.2 Å². The van der Waals surface area contributed by atoms with E-state index in [0.717, 1.165) is 5.56 Å². The van der Waals surface area contributed by atoms with Crippen molar-refractivity contribution in [3.8, 4) is 17.2 Å². The zero-order valence-electron chi connectivity index (χ0n) is 15.0. The first-order valence-corrected chi connectivity index (χ1v) is 8.24. The Labute approximate surface area is 152 Å². The summed E-state index contributed by atoms with van der Waals surface area (Å²) in [5.74, 6) is 0.807. The van der Waals surface area contributed by atoms with Gasteiger partial charge in [-0.2, -0.15) is 0 Å². The number of nitrogens with one attached hydrogen (secondary N) is 1. The molecule has 0 radical (unpaired) electrons. The Balaban J connectivity index is 1.89. The normalized spacial score (nSPS) is 10.6. The number of amides is 1. The minimum atomic E-state index is -0.260. The van der Waals surface area contributed by atoms with E-state index in [2.05, 4.69) is 5.32 Å². The number of benzene rings is 3. The number of phenolic OH excluding ortho intramolecular Hbond substituents is 1. The summed E-state index contributed by atoms with van der Waals surface area (Å²) < 4.78 is 10.6. The van der Waals surface area contributed by atoms with Crippen LogP contribution in [0.1, 0.15) is 21.5 Å². The molecular weight excluding hydrogens is 330 g/mol. The number of methoxy groups -OCH3 is 2. The van der Waals surface area contributed by atoms with Gasteiger partial charge in [0.05, 0.1) is 19.6 Å². The number of carbonyl (C=O) groups excluding carboxylic acids is 1. The molecule has 5 nitrogen and oxygen atoms in total. The van der Waals surface area contributed by atoms with Gasteiger partial charge in [-0.25, -0.2) is 0 Å². The summed E-state index contributed by atoms with van der Waals surface area (Å²) in [5, 5.41) is 14.5. The summed E-state index contributed by atoms with van der Waals surface area (Å²) in [7, 11) is 3.08. The van der Waals surface area contributed by atoms with Gasteiger partial charge in [-0.15, -0.1) is 0 Å². The molecule has 0 aromatic heterocycles. The van der Waals surface area contributed by atoms with Gasteiger partial charge in [0.1, 0.15) is 17.2 Å². The fourth-order valence-corrected chi connectivity index (χ4v) is 2.83. The van der Waals surface area contributed by atoms with Crippen molar-refractivity contribution in [3.05, 3.63) is 65.2 Å². The molecule has 3 aromatic rings. The lowest BCUT2D eigenvalue weighted by Crippen LogP contribution is -2.22. The maximum Gasteiger partial charge on any atom is 0.251 e. The van der Waals surface area contributed by atoms with E-state index in [1.54, 1.807) is 25.3 Å². The predicted octanol–water partition coefficient (Wildman–Crippen LogP) is 3.80. The van der Waals surface area contributed by atoms with Gasteiger partial charge in [-0.3, -0.25) is 4.79 Å². The number of rotatable bonds is 5. The number of ether oxygens (including phenoxy) is 2. The van der Waals surface area contributed by atoms with Gasteiger partial charge in [0.2, 0.25) is 0 Å². The largest absolute Gasteiger partial charge is 0.507 e. The molecule has 0 fully saturated rings. The number of carbonyl (C=O) groups is 1. The highest BCUT2D eigenvalue weighted by atomic mass is 16.5. The van der Waals surface area contributed by atoms with Gasteiger partial charge in [-0.05, 0) is 36.1 Å². The topological polar surface area (TPSA) is 67.8 Å². The summed E-state index contributed by atoms with van der Waals surface area (Å²) in [6, 6.07) is 14.6. The Bertz CT molecular complexity index is 948. The van der Waals surface area contributed by atoms with E-state index in [-0.39, 0.29) is 11.7 Å². The predicted molar refractivity (Wildman–Crippen MR) is 101 cm³/mol. The number of fused-ring (bicyclic) bond motifs is 1. The molecule has 134 valence electrons. The van der Waals surface area contributed by atoms with Gasteiger partial charge < -0.3 is 19.9 Å². The molecule has 0 bridgehead atoms. The van der Waals surface area contributed by atoms with Crippen LogP contribution in [-0.4, -0.2) is 25.2 Å². The quantitative estimate of drug-likeness (QED) is 0.734. The number of aryl methyl sites for hydroxylation is 1. The van der Waals surface area contributed by atoms with Gasteiger partial charge in [0.25, 0.3) is 5.91 Å². The van der Waals surface area contributed by atoms with E-state index < -0.39 is 0 Å². The van der Waals surface area contributed by atoms with Crippen LogP contribution in [0.15, 0.2) is 48.5 Å². The molecule has 1 amide bonds. The minimum absolute atomic E-state index is 0.0116. The van der Waals surface area contributed by atoms with Gasteiger partial charge in [-0.1, -0.05) is 29.8 Å². The van der Waals surface area contributed by atoms with Gasteiger partial charge >= 0.3 is 0 Å². The Kier molecular flexibility index (Phi) is 4.98. The highest BCUT2D eigenvalue weighted by Gasteiger charge is 2.14. The van der Waals surface area contributed by atoms with Crippen LogP contribution in [0, 0.1) is 6.92 Å². The average Bonchev–Trinajstić information content (AvgIpc) is 2.66. The smallest absolute Gasteiger partial charge is 0.251 e. The summed E-state index contributed by atoms with van der Waals surface area (Å²) in [6.07, 6.45) is 0. The summed E-state index contributed by atoms with van der Waals surface area (Å²) in [4.78, 5) is 12.5. The van der Waals surface area contributed by atoms with Crippen LogP contribution in [0.2, 0.25) is 0 Å². The first kappa shape index (κ1) is 17.6. The highest BCUT2D eigenvalue weighted by Crippen LogP contribution is 2.37. The molecule has 0 unspecified atom stereocenters. The SMILES string of the molecule is COc1cc(OC)c2c(O)cc(C(=O)NCc3ccc(C)cc3)cc2c1. The first-order chi connectivity index (χ1) is 12.5. The highest BCUT2D eigenvalue weighted by molar-refractivity contribution is 6.03. The number of hydrogen-bond donors (Lipinski definition) is 2. The Morgan fingerprint density at radius 3 is 2.42 bits per heavy atom. The average molecular weight is 351 g/mol. The Hall–Kier alpha value is -3.21. The van der Waals surface area contributed by atoms with Crippen molar-refractivity contribution < 1.29 is 19.4 Å². The lowest BCUT2D eigenvalue weighted by atomic mass is 10.0. The van der Waals surface area contributed by atoms with Crippen molar-refractivity contribution in [1.82, 2.24) is 5.32 Å². The molecule has 2 N–H and O–H groups in total. The molecule has 0 heterocycles. The van der Waals surface area contributed by atoms with Gasteiger partial charge in [0.15, 0.2) is 0 Å². The third kappa shape index (κ3) is 3.57. The van der Waals surface area contributed by atoms with Crippen LogP contribution in [-0.2, 0) is 6.54 Å². The van der Waals surface area contributed by atoms with E-state index in [4.69, 9.17) is 9.47 Å². The van der Waals surface area contributed by atoms with Crippen molar-refractivity contribution >= 4 is 16.7 Å². The standard InChI is InChI=1S/C21H21NO4/c1-13-4-6-14(7-5-13)12-22-21(24)16-8-15-9-17(25-2)11-19(26-3)20(15)18(23)10-16/h4-11,23H,12H2,1-3H3,(H,22,24). The van der Waals surface area contributed by atoms with Crippen LogP contribution < -0.4 is 14.8 Å². The van der Waals surface area contributed by atoms with Crippen molar-refractivity contribution in [1.29, 1.82) is 0 Å². The Morgan fingerprint density at radius 2 is 1.77 bits per heavy atom. The maximum atomic E-state index is 12.5. The van der Waals surface area contributed by atoms with Crippen molar-refractivity contribution in [2.24, 2.45) is 0 Å². The van der Waals surface area contributed by atoms with Crippen LogP contribution in [0.4, 0.5) is 0 Å². The van der Waals surface area contributed by atoms with E-state index in [1.165, 1.54) is 18.7 Å². The molecule has 0 saturated carbocycles.